The highest BCUT2D eigenvalue weighted by Crippen LogP contribution is 2.22. The number of rotatable bonds is 1. The van der Waals surface area contributed by atoms with Gasteiger partial charge in [-0.1, -0.05) is 0 Å². The molecule has 0 aromatic carbocycles. The van der Waals surface area contributed by atoms with E-state index in [1.807, 2.05) is 17.0 Å². The van der Waals surface area contributed by atoms with Crippen LogP contribution in [0.25, 0.3) is 0 Å². The highest BCUT2D eigenvalue weighted by atomic mass is 79.9. The summed E-state index contributed by atoms with van der Waals surface area (Å²) in [5, 5.41) is 0. The first-order valence-electron chi connectivity index (χ1n) is 5.32. The Balaban J connectivity index is 1.98. The molecule has 2 nitrogen and oxygen atoms in total. The maximum absolute atomic E-state index is 11.7. The monoisotopic (exact) mass is 297 g/mol. The molecule has 84 valence electrons. The molecule has 0 unspecified atom stereocenters. The second-order valence-electron chi connectivity index (χ2n) is 3.72. The van der Waals surface area contributed by atoms with Crippen molar-refractivity contribution in [1.82, 2.24) is 4.90 Å². The Bertz CT molecular complexity index is 437. The van der Waals surface area contributed by atoms with Gasteiger partial charge in [0.05, 0.1) is 8.66 Å². The van der Waals surface area contributed by atoms with Crippen LogP contribution in [0.15, 0.2) is 15.9 Å². The lowest BCUT2D eigenvalue weighted by Gasteiger charge is -2.21. The Morgan fingerprint density at radius 1 is 1.31 bits per heavy atom. The number of ketones is 1. The molecule has 0 saturated carbocycles. The molecule has 2 rings (SSSR count). The summed E-state index contributed by atoms with van der Waals surface area (Å²) in [5.74, 6) is 2.63. The van der Waals surface area contributed by atoms with Crippen molar-refractivity contribution in [3.8, 4) is 12.0 Å². The molecular weight excluding hydrogens is 286 g/mol. The fourth-order valence-electron chi connectivity index (χ4n) is 1.63. The van der Waals surface area contributed by atoms with Crippen LogP contribution in [-0.2, 0) is 0 Å². The van der Waals surface area contributed by atoms with Gasteiger partial charge in [-0.25, -0.2) is 0 Å². The van der Waals surface area contributed by atoms with Crippen LogP contribution in [0, 0.1) is 12.0 Å². The molecule has 1 aliphatic rings. The fourth-order valence-corrected chi connectivity index (χ4v) is 2.91. The number of piperidine rings is 1. The smallest absolute Gasteiger partial charge is 0.247 e. The molecule has 1 aromatic heterocycles. The summed E-state index contributed by atoms with van der Waals surface area (Å²) >= 11 is 4.76. The van der Waals surface area contributed by atoms with Gasteiger partial charge in [0, 0.05) is 25.1 Å². The van der Waals surface area contributed by atoms with Gasteiger partial charge in [0.25, 0.3) is 0 Å². The fraction of sp³-hybridized carbons (Fsp3) is 0.417. The van der Waals surface area contributed by atoms with E-state index in [-0.39, 0.29) is 5.78 Å². The summed E-state index contributed by atoms with van der Waals surface area (Å²) in [5.41, 5.74) is 0. The molecule has 0 atom stereocenters. The molecule has 0 aliphatic carbocycles. The number of carbonyl (C=O) groups excluding carboxylic acids is 1. The van der Waals surface area contributed by atoms with Crippen molar-refractivity contribution < 1.29 is 4.79 Å². The zero-order valence-electron chi connectivity index (χ0n) is 8.83. The van der Waals surface area contributed by atoms with Crippen LogP contribution >= 0.6 is 27.3 Å². The number of hydrogen-bond acceptors (Lipinski definition) is 3. The average molecular weight is 298 g/mol. The van der Waals surface area contributed by atoms with Crippen LogP contribution in [0.4, 0.5) is 0 Å². The van der Waals surface area contributed by atoms with Crippen molar-refractivity contribution in [3.05, 3.63) is 20.8 Å². The Hall–Kier alpha value is -0.790. The van der Waals surface area contributed by atoms with Gasteiger partial charge in [0.2, 0.25) is 5.78 Å². The van der Waals surface area contributed by atoms with E-state index in [9.17, 15) is 4.79 Å². The molecule has 1 saturated heterocycles. The topological polar surface area (TPSA) is 20.3 Å². The van der Waals surface area contributed by atoms with E-state index in [1.165, 1.54) is 30.6 Å². The number of thiophene rings is 1. The van der Waals surface area contributed by atoms with Crippen molar-refractivity contribution >= 4 is 33.0 Å². The van der Waals surface area contributed by atoms with Crippen molar-refractivity contribution in [1.29, 1.82) is 0 Å². The third-order valence-corrected chi connectivity index (χ3v) is 4.10. The summed E-state index contributed by atoms with van der Waals surface area (Å²) < 4.78 is 0.968. The summed E-state index contributed by atoms with van der Waals surface area (Å²) in [6, 6.07) is 6.64. The van der Waals surface area contributed by atoms with E-state index in [0.29, 0.717) is 4.88 Å². The van der Waals surface area contributed by atoms with Gasteiger partial charge in [-0.05, 0) is 47.3 Å². The van der Waals surface area contributed by atoms with E-state index in [1.54, 1.807) is 0 Å². The predicted octanol–water partition coefficient (Wildman–Crippen LogP) is 3.14. The predicted molar refractivity (Wildman–Crippen MR) is 69.5 cm³/mol. The summed E-state index contributed by atoms with van der Waals surface area (Å²) in [4.78, 5) is 14.4. The number of halogens is 1. The zero-order chi connectivity index (χ0) is 11.4. The molecule has 0 N–H and O–H groups in total. The minimum absolute atomic E-state index is 0.0822. The zero-order valence-corrected chi connectivity index (χ0v) is 11.2. The summed E-state index contributed by atoms with van der Waals surface area (Å²) in [6.45, 7) is 1.99. The lowest BCUT2D eigenvalue weighted by molar-refractivity contribution is 0.105. The Morgan fingerprint density at radius 3 is 2.69 bits per heavy atom. The van der Waals surface area contributed by atoms with Crippen LogP contribution < -0.4 is 0 Å². The standard InChI is InChI=1S/C12H12BrNOS/c13-12-5-4-11(16-12)10(15)6-9-14-7-2-1-3-8-14/h4-5H,1-3,7-8H2. The van der Waals surface area contributed by atoms with Gasteiger partial charge in [0.1, 0.15) is 0 Å². The maximum atomic E-state index is 11.7. The summed E-state index contributed by atoms with van der Waals surface area (Å²) in [7, 11) is 0. The number of nitrogens with zero attached hydrogens (tertiary/aromatic N) is 1. The normalized spacial score (nSPS) is 15.4. The van der Waals surface area contributed by atoms with Crippen molar-refractivity contribution in [2.75, 3.05) is 13.1 Å². The van der Waals surface area contributed by atoms with Crippen molar-refractivity contribution in [2.45, 2.75) is 19.3 Å². The first-order chi connectivity index (χ1) is 7.75. The van der Waals surface area contributed by atoms with Crippen LogP contribution in [-0.4, -0.2) is 23.8 Å². The van der Waals surface area contributed by atoms with Gasteiger partial charge in [-0.3, -0.25) is 4.79 Å². The quantitative estimate of drug-likeness (QED) is 0.586. The second-order valence-corrected chi connectivity index (χ2v) is 6.18. The molecule has 0 spiro atoms. The van der Waals surface area contributed by atoms with Gasteiger partial charge in [0.15, 0.2) is 0 Å². The molecule has 1 aromatic rings. The molecule has 4 heteroatoms. The number of likely N-dealkylation sites (tertiary alicyclic amines) is 1. The van der Waals surface area contributed by atoms with E-state index in [2.05, 4.69) is 27.9 Å². The minimum atomic E-state index is -0.0822. The number of Topliss-reactive ketones (excluding diaryl/α,β-unsaturated/α-hetero) is 1. The molecular formula is C12H12BrNOS. The lowest BCUT2D eigenvalue weighted by Crippen LogP contribution is -2.24. The SMILES string of the molecule is O=C(C#CN1CCCCC1)c1ccc(Br)s1. The average Bonchev–Trinajstić information content (AvgIpc) is 2.74. The second kappa shape index (κ2) is 5.51. The summed E-state index contributed by atoms with van der Waals surface area (Å²) in [6.07, 6.45) is 3.66. The van der Waals surface area contributed by atoms with Crippen molar-refractivity contribution in [2.24, 2.45) is 0 Å². The van der Waals surface area contributed by atoms with Gasteiger partial charge < -0.3 is 4.90 Å². The molecule has 0 amide bonds. The Morgan fingerprint density at radius 2 is 2.06 bits per heavy atom. The van der Waals surface area contributed by atoms with Gasteiger partial charge in [-0.15, -0.1) is 11.3 Å². The third-order valence-electron chi connectivity index (χ3n) is 2.48. The highest BCUT2D eigenvalue weighted by Gasteiger charge is 2.08. The van der Waals surface area contributed by atoms with Crippen LogP contribution in [0.5, 0.6) is 0 Å². The van der Waals surface area contributed by atoms with Crippen LogP contribution in [0.1, 0.15) is 28.9 Å². The van der Waals surface area contributed by atoms with Gasteiger partial charge in [-0.2, -0.15) is 0 Å². The van der Waals surface area contributed by atoms with Crippen LogP contribution in [0.3, 0.4) is 0 Å². The first kappa shape index (κ1) is 11.7. The molecule has 0 radical (unpaired) electrons. The molecule has 1 fully saturated rings. The largest absolute Gasteiger partial charge is 0.332 e. The molecule has 1 aliphatic heterocycles. The molecule has 16 heavy (non-hydrogen) atoms. The molecule has 0 bridgehead atoms. The van der Waals surface area contributed by atoms with Gasteiger partial charge >= 0.3 is 0 Å². The highest BCUT2D eigenvalue weighted by molar-refractivity contribution is 9.11. The first-order valence-corrected chi connectivity index (χ1v) is 6.93. The van der Waals surface area contributed by atoms with E-state index < -0.39 is 0 Å². The number of carbonyl (C=O) groups is 1. The van der Waals surface area contributed by atoms with E-state index >= 15 is 0 Å². The van der Waals surface area contributed by atoms with E-state index in [4.69, 9.17) is 0 Å². The lowest BCUT2D eigenvalue weighted by atomic mass is 10.1. The molecule has 2 heterocycles. The number of hydrogen-bond donors (Lipinski definition) is 0. The Labute approximate surface area is 108 Å². The maximum Gasteiger partial charge on any atom is 0.247 e. The third kappa shape index (κ3) is 3.10. The van der Waals surface area contributed by atoms with Crippen LogP contribution in [0.2, 0.25) is 0 Å². The van der Waals surface area contributed by atoms with E-state index in [0.717, 1.165) is 16.9 Å². The minimum Gasteiger partial charge on any atom is -0.332 e. The Kier molecular flexibility index (Phi) is 4.03. The van der Waals surface area contributed by atoms with Crippen molar-refractivity contribution in [3.63, 3.8) is 0 Å².